The van der Waals surface area contributed by atoms with Crippen molar-refractivity contribution < 1.29 is 9.53 Å². The molecule has 5 rings (SSSR count). The molecule has 30 heavy (non-hydrogen) atoms. The second-order valence-corrected chi connectivity index (χ2v) is 10.4. The molecule has 2 aliphatic heterocycles. The largest absolute Gasteiger partial charge is 0.373 e. The van der Waals surface area contributed by atoms with Gasteiger partial charge in [-0.3, -0.25) is 9.69 Å². The van der Waals surface area contributed by atoms with Crippen LogP contribution in [0, 0.1) is 5.92 Å². The molecule has 2 saturated heterocycles. The highest BCUT2D eigenvalue weighted by atomic mass is 32.1. The van der Waals surface area contributed by atoms with E-state index in [2.05, 4.69) is 54.0 Å². The Labute approximate surface area is 183 Å². The van der Waals surface area contributed by atoms with Gasteiger partial charge >= 0.3 is 0 Å². The Kier molecular flexibility index (Phi) is 5.69. The summed E-state index contributed by atoms with van der Waals surface area (Å²) in [5.41, 5.74) is 4.10. The SMILES string of the molecule is CC1CN(CC2CCN(C(=O)c3cc4c(s3)-c3ccccc3CC4)CC2)CC(C)O1. The standard InChI is InChI=1S/C25H32N2O2S/c1-17-14-26(15-18(2)29-17)16-19-9-11-27(12-10-19)25(28)23-13-21-8-7-20-5-3-4-6-22(20)24(21)30-23/h3-6,13,17-19H,7-12,14-16H2,1-2H3. The molecule has 2 atom stereocenters. The Bertz CT molecular complexity index is 906. The highest BCUT2D eigenvalue weighted by molar-refractivity contribution is 7.17. The number of morpholine rings is 1. The van der Waals surface area contributed by atoms with Crippen LogP contribution in [0.3, 0.4) is 0 Å². The molecule has 2 fully saturated rings. The number of fused-ring (bicyclic) bond motifs is 3. The van der Waals surface area contributed by atoms with Gasteiger partial charge in [-0.1, -0.05) is 24.3 Å². The summed E-state index contributed by atoms with van der Waals surface area (Å²) >= 11 is 1.70. The zero-order valence-electron chi connectivity index (χ0n) is 18.1. The van der Waals surface area contributed by atoms with E-state index in [0.29, 0.717) is 18.1 Å². The minimum atomic E-state index is 0.235. The first kappa shape index (κ1) is 20.2. The Balaban J connectivity index is 1.20. The summed E-state index contributed by atoms with van der Waals surface area (Å²) in [6, 6.07) is 10.8. The van der Waals surface area contributed by atoms with Gasteiger partial charge in [-0.2, -0.15) is 0 Å². The van der Waals surface area contributed by atoms with Gasteiger partial charge < -0.3 is 9.64 Å². The zero-order valence-corrected chi connectivity index (χ0v) is 18.9. The number of nitrogens with zero attached hydrogens (tertiary/aromatic N) is 2. The van der Waals surface area contributed by atoms with Crippen LogP contribution in [0.1, 0.15) is 47.5 Å². The molecule has 0 radical (unpaired) electrons. The number of hydrogen-bond donors (Lipinski definition) is 0. The van der Waals surface area contributed by atoms with E-state index < -0.39 is 0 Å². The van der Waals surface area contributed by atoms with Crippen molar-refractivity contribution in [3.63, 3.8) is 0 Å². The molecule has 0 saturated carbocycles. The molecule has 1 aromatic carbocycles. The van der Waals surface area contributed by atoms with E-state index >= 15 is 0 Å². The van der Waals surface area contributed by atoms with E-state index in [1.165, 1.54) is 21.6 Å². The fraction of sp³-hybridized carbons (Fsp3) is 0.560. The Morgan fingerprint density at radius 3 is 2.53 bits per heavy atom. The lowest BCUT2D eigenvalue weighted by Crippen LogP contribution is -2.48. The summed E-state index contributed by atoms with van der Waals surface area (Å²) in [4.78, 5) is 20.1. The van der Waals surface area contributed by atoms with Gasteiger partial charge in [-0.05, 0) is 68.2 Å². The zero-order chi connectivity index (χ0) is 20.7. The third kappa shape index (κ3) is 4.08. The van der Waals surface area contributed by atoms with Gasteiger partial charge in [0.25, 0.3) is 5.91 Å². The molecular weight excluding hydrogens is 392 g/mol. The maximum absolute atomic E-state index is 13.2. The van der Waals surface area contributed by atoms with Crippen LogP contribution in [0.15, 0.2) is 30.3 Å². The van der Waals surface area contributed by atoms with Gasteiger partial charge in [-0.15, -0.1) is 11.3 Å². The summed E-state index contributed by atoms with van der Waals surface area (Å²) in [5.74, 6) is 0.925. The van der Waals surface area contributed by atoms with Gasteiger partial charge in [0.2, 0.25) is 0 Å². The smallest absolute Gasteiger partial charge is 0.263 e. The normalized spacial score (nSPS) is 25.1. The Hall–Kier alpha value is -1.69. The first-order chi connectivity index (χ1) is 14.6. The Morgan fingerprint density at radius 2 is 1.77 bits per heavy atom. The van der Waals surface area contributed by atoms with Crippen molar-refractivity contribution in [3.8, 4) is 10.4 Å². The van der Waals surface area contributed by atoms with E-state index in [9.17, 15) is 4.79 Å². The van der Waals surface area contributed by atoms with E-state index in [1.807, 2.05) is 0 Å². The van der Waals surface area contributed by atoms with Crippen LogP contribution in [0.5, 0.6) is 0 Å². The number of amides is 1. The Morgan fingerprint density at radius 1 is 1.07 bits per heavy atom. The van der Waals surface area contributed by atoms with Gasteiger partial charge in [-0.25, -0.2) is 0 Å². The maximum Gasteiger partial charge on any atom is 0.263 e. The van der Waals surface area contributed by atoms with Crippen molar-refractivity contribution in [1.82, 2.24) is 9.80 Å². The molecule has 5 heteroatoms. The molecule has 160 valence electrons. The molecule has 0 bridgehead atoms. The number of aryl methyl sites for hydroxylation is 2. The molecule has 1 aromatic heterocycles. The molecule has 0 spiro atoms. The molecule has 1 amide bonds. The average Bonchev–Trinajstić information content (AvgIpc) is 3.18. The molecule has 1 aliphatic carbocycles. The highest BCUT2D eigenvalue weighted by Gasteiger charge is 2.29. The van der Waals surface area contributed by atoms with Gasteiger partial charge in [0.15, 0.2) is 0 Å². The number of benzene rings is 1. The maximum atomic E-state index is 13.2. The molecule has 3 aliphatic rings. The van der Waals surface area contributed by atoms with E-state index in [-0.39, 0.29) is 5.91 Å². The lowest BCUT2D eigenvalue weighted by Gasteiger charge is -2.39. The van der Waals surface area contributed by atoms with Crippen molar-refractivity contribution >= 4 is 17.2 Å². The number of likely N-dealkylation sites (tertiary alicyclic amines) is 1. The van der Waals surface area contributed by atoms with E-state index in [0.717, 1.165) is 63.3 Å². The molecule has 0 N–H and O–H groups in total. The summed E-state index contributed by atoms with van der Waals surface area (Å²) in [7, 11) is 0. The van der Waals surface area contributed by atoms with Gasteiger partial charge in [0.1, 0.15) is 0 Å². The minimum absolute atomic E-state index is 0.235. The third-order valence-electron chi connectivity index (χ3n) is 6.86. The molecular formula is C25H32N2O2S. The van der Waals surface area contributed by atoms with Crippen LogP contribution < -0.4 is 0 Å². The average molecular weight is 425 g/mol. The number of rotatable bonds is 3. The number of hydrogen-bond acceptors (Lipinski definition) is 4. The van der Waals surface area contributed by atoms with Crippen LogP contribution in [0.25, 0.3) is 10.4 Å². The molecule has 3 heterocycles. The lowest BCUT2D eigenvalue weighted by atomic mass is 9.91. The number of carbonyl (C=O) groups excluding carboxylic acids is 1. The van der Waals surface area contributed by atoms with Crippen molar-refractivity contribution in [3.05, 3.63) is 46.3 Å². The summed E-state index contributed by atoms with van der Waals surface area (Å²) in [5, 5.41) is 0. The minimum Gasteiger partial charge on any atom is -0.373 e. The molecule has 4 nitrogen and oxygen atoms in total. The van der Waals surface area contributed by atoms with E-state index in [1.54, 1.807) is 11.3 Å². The van der Waals surface area contributed by atoms with Crippen molar-refractivity contribution in [2.24, 2.45) is 5.92 Å². The summed E-state index contributed by atoms with van der Waals surface area (Å²) in [6.07, 6.45) is 5.00. The van der Waals surface area contributed by atoms with Crippen LogP contribution >= 0.6 is 11.3 Å². The fourth-order valence-corrected chi connectivity index (χ4v) is 6.69. The van der Waals surface area contributed by atoms with Crippen LogP contribution in [-0.2, 0) is 17.6 Å². The number of thiophene rings is 1. The van der Waals surface area contributed by atoms with Crippen molar-refractivity contribution in [1.29, 1.82) is 0 Å². The molecule has 2 unspecified atom stereocenters. The monoisotopic (exact) mass is 424 g/mol. The quantitative estimate of drug-likeness (QED) is 0.729. The topological polar surface area (TPSA) is 32.8 Å². The fourth-order valence-electron chi connectivity index (χ4n) is 5.45. The predicted molar refractivity (Wildman–Crippen MR) is 122 cm³/mol. The summed E-state index contributed by atoms with van der Waals surface area (Å²) in [6.45, 7) is 9.32. The van der Waals surface area contributed by atoms with Crippen molar-refractivity contribution in [2.45, 2.75) is 51.7 Å². The van der Waals surface area contributed by atoms with Gasteiger partial charge in [0, 0.05) is 37.6 Å². The van der Waals surface area contributed by atoms with Gasteiger partial charge in [0.05, 0.1) is 17.1 Å². The number of carbonyl (C=O) groups is 1. The molecule has 2 aromatic rings. The number of piperidine rings is 1. The second-order valence-electron chi connectivity index (χ2n) is 9.33. The first-order valence-electron chi connectivity index (χ1n) is 11.4. The van der Waals surface area contributed by atoms with Crippen molar-refractivity contribution in [2.75, 3.05) is 32.7 Å². The third-order valence-corrected chi connectivity index (χ3v) is 8.06. The predicted octanol–water partition coefficient (Wildman–Crippen LogP) is 4.48. The van der Waals surface area contributed by atoms with Crippen LogP contribution in [-0.4, -0.2) is 60.6 Å². The second kappa shape index (κ2) is 8.45. The van der Waals surface area contributed by atoms with Crippen LogP contribution in [0.4, 0.5) is 0 Å². The summed E-state index contributed by atoms with van der Waals surface area (Å²) < 4.78 is 5.87. The van der Waals surface area contributed by atoms with Crippen LogP contribution in [0.2, 0.25) is 0 Å². The highest BCUT2D eigenvalue weighted by Crippen LogP contribution is 2.40. The lowest BCUT2D eigenvalue weighted by molar-refractivity contribution is -0.0728. The number of ether oxygens (including phenoxy) is 1. The first-order valence-corrected chi connectivity index (χ1v) is 12.3. The van der Waals surface area contributed by atoms with E-state index in [4.69, 9.17) is 4.74 Å².